The van der Waals surface area contributed by atoms with Crippen LogP contribution in [0, 0.1) is 22.9 Å². The molecule has 4 heteroatoms. The molecule has 0 aliphatic carbocycles. The SMILES string of the molecule is N#CN1Cc2cccc(c2)CN(C#N)Cc2cccc(c2)C1. The topological polar surface area (TPSA) is 54.1 Å². The van der Waals surface area contributed by atoms with Crippen LogP contribution in [0.4, 0.5) is 0 Å². The van der Waals surface area contributed by atoms with Crippen LogP contribution in [0.3, 0.4) is 0 Å². The van der Waals surface area contributed by atoms with E-state index < -0.39 is 0 Å². The van der Waals surface area contributed by atoms with Gasteiger partial charge in [0, 0.05) is 0 Å². The third-order valence-corrected chi connectivity index (χ3v) is 3.76. The van der Waals surface area contributed by atoms with Crippen LogP contribution < -0.4 is 0 Å². The minimum atomic E-state index is 0.584. The second-order valence-corrected chi connectivity index (χ2v) is 5.55. The Morgan fingerprint density at radius 3 is 1.23 bits per heavy atom. The van der Waals surface area contributed by atoms with Gasteiger partial charge in [-0.05, 0) is 22.3 Å². The molecule has 0 saturated carbocycles. The van der Waals surface area contributed by atoms with Gasteiger partial charge in [-0.3, -0.25) is 0 Å². The first-order valence-electron chi connectivity index (χ1n) is 7.22. The zero-order valence-corrected chi connectivity index (χ0v) is 12.2. The summed E-state index contributed by atoms with van der Waals surface area (Å²) < 4.78 is 0. The number of hydrogen-bond acceptors (Lipinski definition) is 4. The van der Waals surface area contributed by atoms with E-state index in [9.17, 15) is 10.5 Å². The number of nitrogens with zero attached hydrogens (tertiary/aromatic N) is 4. The molecule has 22 heavy (non-hydrogen) atoms. The third kappa shape index (κ3) is 3.19. The van der Waals surface area contributed by atoms with Crippen LogP contribution >= 0.6 is 0 Å². The first kappa shape index (κ1) is 14.0. The first-order valence-corrected chi connectivity index (χ1v) is 7.22. The second-order valence-electron chi connectivity index (χ2n) is 5.55. The average molecular weight is 288 g/mol. The Hall–Kier alpha value is -2.98. The smallest absolute Gasteiger partial charge is 0.179 e. The molecule has 0 N–H and O–H groups in total. The molecule has 0 atom stereocenters. The fourth-order valence-corrected chi connectivity index (χ4v) is 2.79. The summed E-state index contributed by atoms with van der Waals surface area (Å²) >= 11 is 0. The molecule has 3 rings (SSSR count). The maximum absolute atomic E-state index is 9.36. The highest BCUT2D eigenvalue weighted by Crippen LogP contribution is 2.17. The van der Waals surface area contributed by atoms with Gasteiger partial charge >= 0.3 is 0 Å². The van der Waals surface area contributed by atoms with Crippen molar-refractivity contribution < 1.29 is 0 Å². The molecule has 0 unspecified atom stereocenters. The maximum Gasteiger partial charge on any atom is 0.179 e. The minimum Gasteiger partial charge on any atom is -0.302 e. The molecule has 0 spiro atoms. The summed E-state index contributed by atoms with van der Waals surface area (Å²) in [6.07, 6.45) is 4.53. The van der Waals surface area contributed by atoms with Crippen molar-refractivity contribution in [2.24, 2.45) is 0 Å². The largest absolute Gasteiger partial charge is 0.302 e. The van der Waals surface area contributed by atoms with Crippen molar-refractivity contribution in [2.45, 2.75) is 26.2 Å². The van der Waals surface area contributed by atoms with Crippen molar-refractivity contribution in [3.8, 4) is 12.4 Å². The maximum atomic E-state index is 9.36. The van der Waals surface area contributed by atoms with Crippen LogP contribution in [0.2, 0.25) is 0 Å². The summed E-state index contributed by atoms with van der Waals surface area (Å²) in [5.74, 6) is 0. The van der Waals surface area contributed by atoms with E-state index in [4.69, 9.17) is 0 Å². The number of hydrogen-bond donors (Lipinski definition) is 0. The molecule has 2 aromatic rings. The lowest BCUT2D eigenvalue weighted by molar-refractivity contribution is 0.366. The van der Waals surface area contributed by atoms with Gasteiger partial charge in [-0.2, -0.15) is 10.5 Å². The lowest BCUT2D eigenvalue weighted by Gasteiger charge is -2.21. The summed E-state index contributed by atoms with van der Waals surface area (Å²) in [5, 5.41) is 18.7. The Balaban J connectivity index is 2.00. The third-order valence-electron chi connectivity index (χ3n) is 3.76. The summed E-state index contributed by atoms with van der Waals surface area (Å²) in [6.45, 7) is 2.34. The molecule has 4 nitrogen and oxygen atoms in total. The van der Waals surface area contributed by atoms with Gasteiger partial charge in [-0.25, -0.2) is 0 Å². The fourth-order valence-electron chi connectivity index (χ4n) is 2.79. The van der Waals surface area contributed by atoms with Crippen molar-refractivity contribution >= 4 is 0 Å². The predicted octanol–water partition coefficient (Wildman–Crippen LogP) is 2.97. The van der Waals surface area contributed by atoms with Crippen LogP contribution in [0.5, 0.6) is 0 Å². The van der Waals surface area contributed by atoms with E-state index >= 15 is 0 Å². The summed E-state index contributed by atoms with van der Waals surface area (Å²) in [4.78, 5) is 3.50. The lowest BCUT2D eigenvalue weighted by Crippen LogP contribution is -2.20. The predicted molar refractivity (Wildman–Crippen MR) is 82.6 cm³/mol. The number of rotatable bonds is 0. The van der Waals surface area contributed by atoms with Gasteiger partial charge in [-0.1, -0.05) is 48.5 Å². The Morgan fingerprint density at radius 1 is 0.636 bits per heavy atom. The number of fused-ring (bicyclic) bond motifs is 4. The van der Waals surface area contributed by atoms with Gasteiger partial charge in [0.15, 0.2) is 12.4 Å². The van der Waals surface area contributed by atoms with E-state index in [1.165, 1.54) is 0 Å². The highest BCUT2D eigenvalue weighted by Gasteiger charge is 2.11. The van der Waals surface area contributed by atoms with E-state index in [-0.39, 0.29) is 0 Å². The summed E-state index contributed by atoms with van der Waals surface area (Å²) in [7, 11) is 0. The van der Waals surface area contributed by atoms with Crippen molar-refractivity contribution in [3.63, 3.8) is 0 Å². The minimum absolute atomic E-state index is 0.584. The highest BCUT2D eigenvalue weighted by atomic mass is 15.1. The van der Waals surface area contributed by atoms with E-state index in [2.05, 4.69) is 24.5 Å². The number of nitriles is 2. The molecule has 108 valence electrons. The van der Waals surface area contributed by atoms with Crippen LogP contribution in [0.15, 0.2) is 48.5 Å². The molecule has 0 amide bonds. The lowest BCUT2D eigenvalue weighted by atomic mass is 10.1. The first-order chi connectivity index (χ1) is 10.8. The Morgan fingerprint density at radius 2 is 0.955 bits per heavy atom. The van der Waals surface area contributed by atoms with E-state index in [0.717, 1.165) is 22.3 Å². The number of benzene rings is 2. The molecular weight excluding hydrogens is 272 g/mol. The second kappa shape index (κ2) is 6.20. The van der Waals surface area contributed by atoms with Crippen LogP contribution in [0.1, 0.15) is 22.3 Å². The molecule has 2 aromatic carbocycles. The molecular formula is C18H16N4. The average Bonchev–Trinajstić information content (AvgIpc) is 2.53. The quantitative estimate of drug-likeness (QED) is 0.699. The Labute approximate surface area is 130 Å². The molecule has 0 aromatic heterocycles. The molecule has 1 heterocycles. The molecule has 0 radical (unpaired) electrons. The normalized spacial score (nSPS) is 14.3. The zero-order valence-electron chi connectivity index (χ0n) is 12.2. The molecule has 0 saturated heterocycles. The summed E-state index contributed by atoms with van der Waals surface area (Å²) in [6, 6.07) is 16.2. The van der Waals surface area contributed by atoms with Gasteiger partial charge in [0.05, 0.1) is 26.2 Å². The van der Waals surface area contributed by atoms with Crippen LogP contribution in [-0.2, 0) is 26.2 Å². The van der Waals surface area contributed by atoms with Crippen molar-refractivity contribution in [2.75, 3.05) is 0 Å². The molecule has 1 aliphatic rings. The monoisotopic (exact) mass is 288 g/mol. The molecule has 1 aliphatic heterocycles. The van der Waals surface area contributed by atoms with Crippen LogP contribution in [0.25, 0.3) is 0 Å². The zero-order chi connectivity index (χ0) is 15.4. The van der Waals surface area contributed by atoms with E-state index in [1.54, 1.807) is 9.80 Å². The van der Waals surface area contributed by atoms with Gasteiger partial charge in [-0.15, -0.1) is 0 Å². The molecule has 0 fully saturated rings. The Bertz CT molecular complexity index is 646. The van der Waals surface area contributed by atoms with Gasteiger partial charge in [0.25, 0.3) is 0 Å². The van der Waals surface area contributed by atoms with Crippen LogP contribution in [-0.4, -0.2) is 9.80 Å². The van der Waals surface area contributed by atoms with Crippen molar-refractivity contribution in [3.05, 3.63) is 70.8 Å². The van der Waals surface area contributed by atoms with Crippen molar-refractivity contribution in [1.29, 1.82) is 10.5 Å². The Kier molecular flexibility index (Phi) is 3.94. The van der Waals surface area contributed by atoms with Gasteiger partial charge < -0.3 is 9.80 Å². The highest BCUT2D eigenvalue weighted by molar-refractivity contribution is 5.27. The van der Waals surface area contributed by atoms with Gasteiger partial charge in [0.1, 0.15) is 0 Å². The summed E-state index contributed by atoms with van der Waals surface area (Å²) in [5.41, 5.74) is 4.37. The molecule has 4 bridgehead atoms. The fraction of sp³-hybridized carbons (Fsp3) is 0.222. The van der Waals surface area contributed by atoms with Gasteiger partial charge in [0.2, 0.25) is 0 Å². The standard InChI is InChI=1S/C18H16N4/c19-13-21-9-15-3-1-4-16(7-15)10-22(14-20)12-18-6-2-5-17(8-18)11-21/h1-8H,9-12H2. The van der Waals surface area contributed by atoms with E-state index in [1.807, 2.05) is 36.4 Å². The van der Waals surface area contributed by atoms with E-state index in [0.29, 0.717) is 26.2 Å². The van der Waals surface area contributed by atoms with Crippen molar-refractivity contribution in [1.82, 2.24) is 9.80 Å².